The van der Waals surface area contributed by atoms with Crippen LogP contribution in [0.2, 0.25) is 0 Å². The SMILES string of the molecule is CCCCCCCCC(C=O)(CC(C)C(=O)O)N1NCCC[C@H]1C(=O)NC. The van der Waals surface area contributed by atoms with Gasteiger partial charge in [-0.05, 0) is 25.7 Å². The van der Waals surface area contributed by atoms with Gasteiger partial charge in [0, 0.05) is 13.6 Å². The summed E-state index contributed by atoms with van der Waals surface area (Å²) in [5, 5.41) is 13.8. The molecule has 0 aromatic carbocycles. The number of carboxylic acids is 1. The van der Waals surface area contributed by atoms with Crippen molar-refractivity contribution in [2.24, 2.45) is 5.92 Å². The van der Waals surface area contributed by atoms with Gasteiger partial charge in [0.25, 0.3) is 0 Å². The summed E-state index contributed by atoms with van der Waals surface area (Å²) in [7, 11) is 1.59. The van der Waals surface area contributed by atoms with Gasteiger partial charge in [-0.3, -0.25) is 15.0 Å². The molecule has 3 atom stereocenters. The molecular formula is C20H37N3O4. The molecule has 1 aliphatic rings. The van der Waals surface area contributed by atoms with Gasteiger partial charge in [0.05, 0.1) is 11.5 Å². The summed E-state index contributed by atoms with van der Waals surface area (Å²) in [4.78, 5) is 36.1. The van der Waals surface area contributed by atoms with Crippen LogP contribution in [0, 0.1) is 5.92 Å². The predicted molar refractivity (Wildman–Crippen MR) is 105 cm³/mol. The first-order valence-corrected chi connectivity index (χ1v) is 10.4. The lowest BCUT2D eigenvalue weighted by atomic mass is 9.82. The molecule has 7 heteroatoms. The van der Waals surface area contributed by atoms with Crippen molar-refractivity contribution in [1.29, 1.82) is 0 Å². The summed E-state index contributed by atoms with van der Waals surface area (Å²) >= 11 is 0. The van der Waals surface area contributed by atoms with E-state index in [1.165, 1.54) is 19.3 Å². The van der Waals surface area contributed by atoms with Crippen LogP contribution in [0.4, 0.5) is 0 Å². The maximum Gasteiger partial charge on any atom is 0.306 e. The van der Waals surface area contributed by atoms with E-state index in [0.29, 0.717) is 19.4 Å². The molecule has 156 valence electrons. The molecule has 1 aliphatic heterocycles. The summed E-state index contributed by atoms with van der Waals surface area (Å²) in [6, 6.07) is -0.463. The number of aliphatic carboxylic acids is 1. The number of carbonyl (C=O) groups excluding carboxylic acids is 2. The van der Waals surface area contributed by atoms with Gasteiger partial charge in [-0.25, -0.2) is 5.01 Å². The second kappa shape index (κ2) is 12.1. The van der Waals surface area contributed by atoms with Crippen molar-refractivity contribution in [1.82, 2.24) is 15.8 Å². The van der Waals surface area contributed by atoms with Crippen LogP contribution in [0.3, 0.4) is 0 Å². The minimum Gasteiger partial charge on any atom is -0.481 e. The molecule has 7 nitrogen and oxygen atoms in total. The monoisotopic (exact) mass is 383 g/mol. The van der Waals surface area contributed by atoms with Gasteiger partial charge in [-0.15, -0.1) is 0 Å². The van der Waals surface area contributed by atoms with E-state index in [4.69, 9.17) is 0 Å². The fourth-order valence-electron chi connectivity index (χ4n) is 3.93. The van der Waals surface area contributed by atoms with Gasteiger partial charge < -0.3 is 15.2 Å². The Hall–Kier alpha value is -1.47. The lowest BCUT2D eigenvalue weighted by Gasteiger charge is -2.47. The Morgan fingerprint density at radius 1 is 1.30 bits per heavy atom. The van der Waals surface area contributed by atoms with E-state index in [2.05, 4.69) is 17.7 Å². The number of amides is 1. The summed E-state index contributed by atoms with van der Waals surface area (Å²) in [5.74, 6) is -1.72. The van der Waals surface area contributed by atoms with Crippen LogP contribution >= 0.6 is 0 Å². The molecule has 27 heavy (non-hydrogen) atoms. The van der Waals surface area contributed by atoms with Crippen LogP contribution in [0.1, 0.15) is 78.1 Å². The zero-order valence-electron chi connectivity index (χ0n) is 17.1. The average molecular weight is 384 g/mol. The number of aldehydes is 1. The topological polar surface area (TPSA) is 98.7 Å². The number of nitrogens with one attached hydrogen (secondary N) is 2. The van der Waals surface area contributed by atoms with Crippen molar-refractivity contribution >= 4 is 18.2 Å². The smallest absolute Gasteiger partial charge is 0.306 e. The zero-order chi connectivity index (χ0) is 20.3. The second-order valence-electron chi connectivity index (χ2n) is 7.73. The number of hydrogen-bond acceptors (Lipinski definition) is 5. The Kier molecular flexibility index (Phi) is 10.5. The summed E-state index contributed by atoms with van der Waals surface area (Å²) in [6.45, 7) is 4.48. The standard InChI is InChI=1S/C20H37N3O4/c1-4-5-6-7-8-9-12-20(15-24,14-16(2)19(26)27)23-17(18(25)21-3)11-10-13-22-23/h15-17,22H,4-14H2,1-3H3,(H,21,25)(H,26,27)/t16?,17-,20?/m0/s1. The lowest BCUT2D eigenvalue weighted by molar-refractivity contribution is -0.147. The molecule has 0 saturated carbocycles. The van der Waals surface area contributed by atoms with Crippen LogP contribution in [0.25, 0.3) is 0 Å². The minimum atomic E-state index is -0.986. The van der Waals surface area contributed by atoms with E-state index in [-0.39, 0.29) is 12.3 Å². The molecule has 1 heterocycles. The third-order valence-electron chi connectivity index (χ3n) is 5.54. The molecule has 0 radical (unpaired) electrons. The summed E-state index contributed by atoms with van der Waals surface area (Å²) < 4.78 is 0. The Bertz CT molecular complexity index is 486. The number of hydrogen-bond donors (Lipinski definition) is 3. The number of carboxylic acid groups (broad SMARTS) is 1. The highest BCUT2D eigenvalue weighted by molar-refractivity contribution is 5.82. The fourth-order valence-corrected chi connectivity index (χ4v) is 3.93. The molecule has 0 aliphatic carbocycles. The van der Waals surface area contributed by atoms with E-state index in [0.717, 1.165) is 32.0 Å². The maximum atomic E-state index is 12.4. The summed E-state index contributed by atoms with van der Waals surface area (Å²) in [5.41, 5.74) is 2.24. The van der Waals surface area contributed by atoms with Gasteiger partial charge in [-0.2, -0.15) is 0 Å². The van der Waals surface area contributed by atoms with Crippen LogP contribution in [0.5, 0.6) is 0 Å². The van der Waals surface area contributed by atoms with Crippen LogP contribution in [0.15, 0.2) is 0 Å². The van der Waals surface area contributed by atoms with Gasteiger partial charge in [0.1, 0.15) is 12.3 Å². The van der Waals surface area contributed by atoms with Crippen LogP contribution in [-0.2, 0) is 14.4 Å². The molecule has 2 unspecified atom stereocenters. The first kappa shape index (κ1) is 23.6. The van der Waals surface area contributed by atoms with Crippen molar-refractivity contribution in [2.75, 3.05) is 13.6 Å². The molecule has 0 aromatic rings. The quantitative estimate of drug-likeness (QED) is 0.334. The number of rotatable bonds is 13. The highest BCUT2D eigenvalue weighted by atomic mass is 16.4. The molecule has 0 spiro atoms. The van der Waals surface area contributed by atoms with Crippen molar-refractivity contribution in [2.45, 2.75) is 89.6 Å². The largest absolute Gasteiger partial charge is 0.481 e. The van der Waals surface area contributed by atoms with E-state index in [1.54, 1.807) is 19.0 Å². The first-order chi connectivity index (χ1) is 12.9. The number of nitrogens with zero attached hydrogens (tertiary/aromatic N) is 1. The third kappa shape index (κ3) is 6.88. The number of unbranched alkanes of at least 4 members (excludes halogenated alkanes) is 5. The van der Waals surface area contributed by atoms with Crippen LogP contribution in [-0.4, -0.2) is 53.5 Å². The first-order valence-electron chi connectivity index (χ1n) is 10.4. The lowest BCUT2D eigenvalue weighted by Crippen LogP contribution is -2.66. The van der Waals surface area contributed by atoms with E-state index in [1.807, 2.05) is 0 Å². The van der Waals surface area contributed by atoms with Crippen LogP contribution < -0.4 is 10.7 Å². The third-order valence-corrected chi connectivity index (χ3v) is 5.54. The summed E-state index contributed by atoms with van der Waals surface area (Å²) in [6.07, 6.45) is 9.65. The number of carbonyl (C=O) groups is 3. The zero-order valence-corrected chi connectivity index (χ0v) is 17.1. The molecule has 0 bridgehead atoms. The second-order valence-corrected chi connectivity index (χ2v) is 7.73. The molecule has 3 N–H and O–H groups in total. The Morgan fingerprint density at radius 3 is 2.56 bits per heavy atom. The van der Waals surface area contributed by atoms with Crippen molar-refractivity contribution in [3.8, 4) is 0 Å². The van der Waals surface area contributed by atoms with Crippen molar-refractivity contribution in [3.63, 3.8) is 0 Å². The van der Waals surface area contributed by atoms with Gasteiger partial charge >= 0.3 is 5.97 Å². The van der Waals surface area contributed by atoms with E-state index < -0.39 is 23.5 Å². The predicted octanol–water partition coefficient (Wildman–Crippen LogP) is 2.50. The molecule has 1 fully saturated rings. The molecule has 1 rings (SSSR count). The average Bonchev–Trinajstić information content (AvgIpc) is 2.68. The molecule has 1 saturated heterocycles. The highest BCUT2D eigenvalue weighted by Gasteiger charge is 2.45. The Labute approximate surface area is 163 Å². The van der Waals surface area contributed by atoms with Gasteiger partial charge in [0.15, 0.2) is 0 Å². The highest BCUT2D eigenvalue weighted by Crippen LogP contribution is 2.32. The maximum absolute atomic E-state index is 12.4. The molecule has 0 aromatic heterocycles. The van der Waals surface area contributed by atoms with E-state index >= 15 is 0 Å². The molecular weight excluding hydrogens is 346 g/mol. The number of hydrazine groups is 1. The fraction of sp³-hybridized carbons (Fsp3) is 0.850. The normalized spacial score (nSPS) is 21.2. The van der Waals surface area contributed by atoms with Gasteiger partial charge in [-0.1, -0.05) is 52.4 Å². The number of likely N-dealkylation sites (N-methyl/N-ethyl adjacent to an activating group) is 1. The Morgan fingerprint density at radius 2 is 1.96 bits per heavy atom. The minimum absolute atomic E-state index is 0.139. The van der Waals surface area contributed by atoms with E-state index in [9.17, 15) is 19.5 Å². The molecule has 1 amide bonds. The Balaban J connectivity index is 2.97. The van der Waals surface area contributed by atoms with Crippen molar-refractivity contribution < 1.29 is 19.5 Å². The van der Waals surface area contributed by atoms with Crippen molar-refractivity contribution in [3.05, 3.63) is 0 Å². The van der Waals surface area contributed by atoms with Gasteiger partial charge in [0.2, 0.25) is 5.91 Å².